The summed E-state index contributed by atoms with van der Waals surface area (Å²) in [5.74, 6) is -0.259. The molecule has 0 bridgehead atoms. The maximum absolute atomic E-state index is 12.8. The third kappa shape index (κ3) is 4.96. The SMILES string of the molecule is CC(C)(C)SCCOC(=O)c1ccc(F)cc1N. The Balaban J connectivity index is 2.46. The Kier molecular flexibility index (Phi) is 5.02. The van der Waals surface area contributed by atoms with Gasteiger partial charge in [0.15, 0.2) is 0 Å². The monoisotopic (exact) mass is 271 g/mol. The molecule has 2 N–H and O–H groups in total. The Morgan fingerprint density at radius 1 is 1.44 bits per heavy atom. The summed E-state index contributed by atoms with van der Waals surface area (Å²) in [5.41, 5.74) is 5.86. The Morgan fingerprint density at radius 2 is 2.11 bits per heavy atom. The summed E-state index contributed by atoms with van der Waals surface area (Å²) in [6.07, 6.45) is 0. The molecule has 0 aliphatic rings. The van der Waals surface area contributed by atoms with Crippen molar-refractivity contribution in [2.24, 2.45) is 0 Å². The lowest BCUT2D eigenvalue weighted by Crippen LogP contribution is -2.14. The highest BCUT2D eigenvalue weighted by atomic mass is 32.2. The molecule has 0 fully saturated rings. The zero-order chi connectivity index (χ0) is 13.8. The standard InChI is InChI=1S/C13H18FNO2S/c1-13(2,3)18-7-6-17-12(16)10-5-4-9(14)8-11(10)15/h4-5,8H,6-7,15H2,1-3H3. The molecule has 0 saturated carbocycles. The molecular formula is C13H18FNO2S. The van der Waals surface area contributed by atoms with Crippen LogP contribution in [0, 0.1) is 5.82 Å². The van der Waals surface area contributed by atoms with Crippen LogP contribution >= 0.6 is 11.8 Å². The molecular weight excluding hydrogens is 253 g/mol. The highest BCUT2D eigenvalue weighted by Gasteiger charge is 2.13. The molecule has 0 spiro atoms. The summed E-state index contributed by atoms with van der Waals surface area (Å²) in [5, 5.41) is 0. The molecule has 1 aromatic carbocycles. The van der Waals surface area contributed by atoms with Gasteiger partial charge >= 0.3 is 5.97 Å². The van der Waals surface area contributed by atoms with Crippen molar-refractivity contribution in [1.82, 2.24) is 0 Å². The number of halogens is 1. The van der Waals surface area contributed by atoms with Gasteiger partial charge in [0.25, 0.3) is 0 Å². The highest BCUT2D eigenvalue weighted by molar-refractivity contribution is 8.00. The molecule has 1 aromatic rings. The van der Waals surface area contributed by atoms with E-state index in [-0.39, 0.29) is 16.0 Å². The number of carbonyl (C=O) groups excluding carboxylic acids is 1. The van der Waals surface area contributed by atoms with Crippen molar-refractivity contribution in [3.63, 3.8) is 0 Å². The Bertz CT molecular complexity index is 429. The smallest absolute Gasteiger partial charge is 0.340 e. The van der Waals surface area contributed by atoms with Crippen molar-refractivity contribution in [2.75, 3.05) is 18.1 Å². The van der Waals surface area contributed by atoms with Gasteiger partial charge in [-0.2, -0.15) is 11.8 Å². The minimum absolute atomic E-state index is 0.100. The maximum Gasteiger partial charge on any atom is 0.340 e. The third-order valence-electron chi connectivity index (χ3n) is 2.09. The predicted molar refractivity (Wildman–Crippen MR) is 73.3 cm³/mol. The molecule has 3 nitrogen and oxygen atoms in total. The molecule has 5 heteroatoms. The average Bonchev–Trinajstić information content (AvgIpc) is 2.22. The van der Waals surface area contributed by atoms with E-state index in [0.29, 0.717) is 6.61 Å². The Labute approximate surface area is 111 Å². The van der Waals surface area contributed by atoms with Gasteiger partial charge in [-0.25, -0.2) is 9.18 Å². The highest BCUT2D eigenvalue weighted by Crippen LogP contribution is 2.22. The van der Waals surface area contributed by atoms with Crippen molar-refractivity contribution in [2.45, 2.75) is 25.5 Å². The van der Waals surface area contributed by atoms with Gasteiger partial charge in [-0.1, -0.05) is 20.8 Å². The number of esters is 1. The largest absolute Gasteiger partial charge is 0.461 e. The van der Waals surface area contributed by atoms with E-state index < -0.39 is 11.8 Å². The fourth-order valence-electron chi connectivity index (χ4n) is 1.28. The van der Waals surface area contributed by atoms with Crippen LogP contribution in [0.15, 0.2) is 18.2 Å². The number of benzene rings is 1. The number of rotatable bonds is 4. The van der Waals surface area contributed by atoms with Crippen LogP contribution in [0.5, 0.6) is 0 Å². The summed E-state index contributed by atoms with van der Waals surface area (Å²) in [6.45, 7) is 6.60. The van der Waals surface area contributed by atoms with Crippen LogP contribution in [-0.4, -0.2) is 23.1 Å². The van der Waals surface area contributed by atoms with Crippen molar-refractivity contribution in [3.8, 4) is 0 Å². The molecule has 0 heterocycles. The van der Waals surface area contributed by atoms with Crippen LogP contribution < -0.4 is 5.73 Å². The van der Waals surface area contributed by atoms with Crippen molar-refractivity contribution in [3.05, 3.63) is 29.6 Å². The lowest BCUT2D eigenvalue weighted by Gasteiger charge is -2.17. The van der Waals surface area contributed by atoms with Crippen LogP contribution in [0.2, 0.25) is 0 Å². The summed E-state index contributed by atoms with van der Waals surface area (Å²) in [4.78, 5) is 11.7. The quantitative estimate of drug-likeness (QED) is 0.519. The molecule has 18 heavy (non-hydrogen) atoms. The van der Waals surface area contributed by atoms with E-state index in [1.807, 2.05) is 0 Å². The number of nitrogen functional groups attached to an aromatic ring is 1. The van der Waals surface area contributed by atoms with Crippen LogP contribution in [0.1, 0.15) is 31.1 Å². The zero-order valence-electron chi connectivity index (χ0n) is 10.8. The predicted octanol–water partition coefficient (Wildman–Crippen LogP) is 3.10. The normalized spacial score (nSPS) is 11.3. The van der Waals surface area contributed by atoms with Gasteiger partial charge in [0.2, 0.25) is 0 Å². The molecule has 0 unspecified atom stereocenters. The van der Waals surface area contributed by atoms with Gasteiger partial charge in [-0.15, -0.1) is 0 Å². The number of hydrogen-bond acceptors (Lipinski definition) is 4. The first-order valence-corrected chi connectivity index (χ1v) is 6.64. The van der Waals surface area contributed by atoms with E-state index in [0.717, 1.165) is 11.8 Å². The second kappa shape index (κ2) is 6.09. The molecule has 0 aliphatic heterocycles. The van der Waals surface area contributed by atoms with Gasteiger partial charge in [0, 0.05) is 16.2 Å². The molecule has 0 atom stereocenters. The lowest BCUT2D eigenvalue weighted by molar-refractivity contribution is 0.0531. The van der Waals surface area contributed by atoms with Gasteiger partial charge in [0.05, 0.1) is 5.56 Å². The molecule has 0 aliphatic carbocycles. The molecule has 100 valence electrons. The first kappa shape index (κ1) is 14.8. The molecule has 0 saturated heterocycles. The van der Waals surface area contributed by atoms with E-state index in [4.69, 9.17) is 10.5 Å². The first-order chi connectivity index (χ1) is 8.29. The zero-order valence-corrected chi connectivity index (χ0v) is 11.6. The maximum atomic E-state index is 12.8. The molecule has 0 amide bonds. The van der Waals surface area contributed by atoms with Crippen molar-refractivity contribution < 1.29 is 13.9 Å². The topological polar surface area (TPSA) is 52.3 Å². The van der Waals surface area contributed by atoms with Crippen LogP contribution in [0.3, 0.4) is 0 Å². The average molecular weight is 271 g/mol. The van der Waals surface area contributed by atoms with Crippen LogP contribution in [-0.2, 0) is 4.74 Å². The number of thioether (sulfide) groups is 1. The van der Waals surface area contributed by atoms with Crippen LogP contribution in [0.4, 0.5) is 10.1 Å². The molecule has 0 aromatic heterocycles. The first-order valence-electron chi connectivity index (χ1n) is 5.66. The van der Waals surface area contributed by atoms with E-state index in [1.165, 1.54) is 12.1 Å². The summed E-state index contributed by atoms with van der Waals surface area (Å²) < 4.78 is 18.0. The lowest BCUT2D eigenvalue weighted by atomic mass is 10.2. The Hall–Kier alpha value is -1.23. The number of hydrogen-bond donors (Lipinski definition) is 1. The van der Waals surface area contributed by atoms with E-state index in [1.54, 1.807) is 11.8 Å². The second-order valence-electron chi connectivity index (χ2n) is 4.83. The summed E-state index contributed by atoms with van der Waals surface area (Å²) >= 11 is 1.71. The summed E-state index contributed by atoms with van der Waals surface area (Å²) in [7, 11) is 0. The third-order valence-corrected chi connectivity index (χ3v) is 3.32. The number of anilines is 1. The Morgan fingerprint density at radius 3 is 2.67 bits per heavy atom. The van der Waals surface area contributed by atoms with Crippen LogP contribution in [0.25, 0.3) is 0 Å². The van der Waals surface area contributed by atoms with E-state index in [2.05, 4.69) is 20.8 Å². The fraction of sp³-hybridized carbons (Fsp3) is 0.462. The van der Waals surface area contributed by atoms with E-state index >= 15 is 0 Å². The number of ether oxygens (including phenoxy) is 1. The van der Waals surface area contributed by atoms with Gasteiger partial charge < -0.3 is 10.5 Å². The molecule has 1 rings (SSSR count). The molecule has 0 radical (unpaired) electrons. The number of carbonyl (C=O) groups is 1. The van der Waals surface area contributed by atoms with E-state index in [9.17, 15) is 9.18 Å². The van der Waals surface area contributed by atoms with Gasteiger partial charge in [0.1, 0.15) is 12.4 Å². The number of nitrogens with two attached hydrogens (primary N) is 1. The summed E-state index contributed by atoms with van der Waals surface area (Å²) in [6, 6.07) is 3.64. The fourth-order valence-corrected chi connectivity index (χ4v) is 2.06. The van der Waals surface area contributed by atoms with Gasteiger partial charge in [-0.05, 0) is 18.2 Å². The minimum atomic E-state index is -0.512. The second-order valence-corrected chi connectivity index (χ2v) is 6.75. The minimum Gasteiger partial charge on any atom is -0.461 e. The van der Waals surface area contributed by atoms with Gasteiger partial charge in [-0.3, -0.25) is 0 Å². The van der Waals surface area contributed by atoms with Crippen molar-refractivity contribution in [1.29, 1.82) is 0 Å². The van der Waals surface area contributed by atoms with Crippen molar-refractivity contribution >= 4 is 23.4 Å².